The second-order valence-electron chi connectivity index (χ2n) is 5.96. The molecule has 0 N–H and O–H groups in total. The number of rotatable bonds is 2. The summed E-state index contributed by atoms with van der Waals surface area (Å²) in [6, 6.07) is 12.0. The van der Waals surface area contributed by atoms with Crippen LogP contribution in [-0.4, -0.2) is 30.5 Å². The molecule has 0 saturated carbocycles. The van der Waals surface area contributed by atoms with Gasteiger partial charge in [-0.3, -0.25) is 4.79 Å². The molecule has 1 aliphatic heterocycles. The van der Waals surface area contributed by atoms with Crippen molar-refractivity contribution in [3.63, 3.8) is 0 Å². The molecule has 1 unspecified atom stereocenters. The van der Waals surface area contributed by atoms with E-state index in [1.807, 2.05) is 36.9 Å². The maximum atomic E-state index is 13.0. The molecule has 0 radical (unpaired) electrons. The third kappa shape index (κ3) is 3.42. The highest BCUT2D eigenvalue weighted by molar-refractivity contribution is 5.94. The van der Waals surface area contributed by atoms with Crippen molar-refractivity contribution in [2.24, 2.45) is 0 Å². The minimum atomic E-state index is -0.271. The summed E-state index contributed by atoms with van der Waals surface area (Å²) in [4.78, 5) is 14.5. The summed E-state index contributed by atoms with van der Waals surface area (Å²) in [6.07, 6.45) is -0.208. The van der Waals surface area contributed by atoms with Crippen molar-refractivity contribution in [3.05, 3.63) is 70.5 Å². The predicted molar refractivity (Wildman–Crippen MR) is 86.9 cm³/mol. The number of halogens is 1. The maximum Gasteiger partial charge on any atom is 0.254 e. The third-order valence-electron chi connectivity index (χ3n) is 4.35. The van der Waals surface area contributed by atoms with Crippen LogP contribution in [0.4, 0.5) is 4.39 Å². The minimum absolute atomic E-state index is 0.0171. The van der Waals surface area contributed by atoms with Crippen LogP contribution in [0.2, 0.25) is 0 Å². The van der Waals surface area contributed by atoms with Crippen molar-refractivity contribution in [2.75, 3.05) is 19.7 Å². The molecular weight excluding hydrogens is 293 g/mol. The third-order valence-corrected chi connectivity index (χ3v) is 4.35. The first-order valence-corrected chi connectivity index (χ1v) is 7.78. The summed E-state index contributed by atoms with van der Waals surface area (Å²) in [6.45, 7) is 5.58. The van der Waals surface area contributed by atoms with Crippen LogP contribution in [-0.2, 0) is 4.74 Å². The van der Waals surface area contributed by atoms with Crippen LogP contribution in [0, 0.1) is 19.7 Å². The van der Waals surface area contributed by atoms with Gasteiger partial charge in [-0.1, -0.05) is 18.2 Å². The number of nitrogens with zero attached hydrogens (tertiary/aromatic N) is 1. The van der Waals surface area contributed by atoms with Crippen LogP contribution < -0.4 is 0 Å². The molecule has 1 aliphatic rings. The minimum Gasteiger partial charge on any atom is -0.370 e. The van der Waals surface area contributed by atoms with Crippen LogP contribution in [0.25, 0.3) is 0 Å². The van der Waals surface area contributed by atoms with Gasteiger partial charge in [-0.05, 0) is 54.8 Å². The van der Waals surface area contributed by atoms with Gasteiger partial charge in [0, 0.05) is 12.1 Å². The van der Waals surface area contributed by atoms with E-state index in [1.165, 1.54) is 17.7 Å². The van der Waals surface area contributed by atoms with Gasteiger partial charge < -0.3 is 9.64 Å². The summed E-state index contributed by atoms with van der Waals surface area (Å²) >= 11 is 0. The highest BCUT2D eigenvalue weighted by atomic mass is 19.1. The van der Waals surface area contributed by atoms with Gasteiger partial charge in [-0.15, -0.1) is 0 Å². The normalized spacial score (nSPS) is 18.0. The number of ether oxygens (including phenoxy) is 1. The lowest BCUT2D eigenvalue weighted by molar-refractivity contribution is -0.0228. The topological polar surface area (TPSA) is 29.5 Å². The number of amides is 1. The number of carbonyl (C=O) groups excluding carboxylic acids is 1. The molecule has 23 heavy (non-hydrogen) atoms. The van der Waals surface area contributed by atoms with E-state index in [0.717, 1.165) is 11.1 Å². The van der Waals surface area contributed by atoms with Crippen LogP contribution in [0.5, 0.6) is 0 Å². The molecule has 0 spiro atoms. The smallest absolute Gasteiger partial charge is 0.254 e. The van der Waals surface area contributed by atoms with Crippen LogP contribution >= 0.6 is 0 Å². The summed E-state index contributed by atoms with van der Waals surface area (Å²) in [5.41, 5.74) is 3.88. The number of hydrogen-bond donors (Lipinski definition) is 0. The first kappa shape index (κ1) is 15.7. The van der Waals surface area contributed by atoms with Crippen LogP contribution in [0.3, 0.4) is 0 Å². The Morgan fingerprint density at radius 3 is 2.57 bits per heavy atom. The Morgan fingerprint density at radius 1 is 1.13 bits per heavy atom. The Balaban J connectivity index is 1.76. The fourth-order valence-corrected chi connectivity index (χ4v) is 2.77. The molecule has 1 saturated heterocycles. The Kier molecular flexibility index (Phi) is 4.44. The number of carbonyl (C=O) groups is 1. The quantitative estimate of drug-likeness (QED) is 0.847. The molecule has 0 aliphatic carbocycles. The highest BCUT2D eigenvalue weighted by Gasteiger charge is 2.26. The molecule has 1 atom stereocenters. The van der Waals surface area contributed by atoms with E-state index in [9.17, 15) is 9.18 Å². The van der Waals surface area contributed by atoms with E-state index in [-0.39, 0.29) is 17.8 Å². The largest absolute Gasteiger partial charge is 0.370 e. The second-order valence-corrected chi connectivity index (χ2v) is 5.96. The van der Waals surface area contributed by atoms with E-state index in [2.05, 4.69) is 0 Å². The van der Waals surface area contributed by atoms with Gasteiger partial charge in [0.1, 0.15) is 11.9 Å². The molecule has 2 aromatic rings. The summed E-state index contributed by atoms with van der Waals surface area (Å²) in [5.74, 6) is -0.254. The molecule has 2 aromatic carbocycles. The van der Waals surface area contributed by atoms with Gasteiger partial charge in [0.15, 0.2) is 0 Å². The van der Waals surface area contributed by atoms with Crippen molar-refractivity contribution >= 4 is 5.91 Å². The molecule has 1 amide bonds. The van der Waals surface area contributed by atoms with Crippen LogP contribution in [0.15, 0.2) is 42.5 Å². The van der Waals surface area contributed by atoms with E-state index in [0.29, 0.717) is 25.3 Å². The molecule has 0 bridgehead atoms. The van der Waals surface area contributed by atoms with Crippen LogP contribution in [0.1, 0.15) is 33.2 Å². The first-order valence-electron chi connectivity index (χ1n) is 7.78. The predicted octanol–water partition coefficient (Wildman–Crippen LogP) is 3.66. The van der Waals surface area contributed by atoms with Gasteiger partial charge in [0.05, 0.1) is 13.2 Å². The standard InChI is InChI=1S/C19H20FNO2/c1-13-3-4-16(11-14(13)2)19(22)21-9-10-23-18(12-21)15-5-7-17(20)8-6-15/h3-8,11,18H,9-10,12H2,1-2H3. The summed E-state index contributed by atoms with van der Waals surface area (Å²) in [7, 11) is 0. The van der Waals surface area contributed by atoms with Gasteiger partial charge in [-0.25, -0.2) is 4.39 Å². The lowest BCUT2D eigenvalue weighted by Gasteiger charge is -2.33. The Hall–Kier alpha value is -2.20. The number of hydrogen-bond acceptors (Lipinski definition) is 2. The molecule has 1 heterocycles. The fraction of sp³-hybridized carbons (Fsp3) is 0.316. The number of aryl methyl sites for hydroxylation is 2. The van der Waals surface area contributed by atoms with Gasteiger partial charge in [0.25, 0.3) is 5.91 Å². The Morgan fingerprint density at radius 2 is 1.87 bits per heavy atom. The molecule has 0 aromatic heterocycles. The lowest BCUT2D eigenvalue weighted by atomic mass is 10.0. The van der Waals surface area contributed by atoms with Gasteiger partial charge in [0.2, 0.25) is 0 Å². The lowest BCUT2D eigenvalue weighted by Crippen LogP contribution is -2.42. The van der Waals surface area contributed by atoms with Crippen molar-refractivity contribution in [1.29, 1.82) is 0 Å². The SMILES string of the molecule is Cc1ccc(C(=O)N2CCOC(c3ccc(F)cc3)C2)cc1C. The second kappa shape index (κ2) is 6.50. The van der Waals surface area contributed by atoms with Crippen molar-refractivity contribution in [1.82, 2.24) is 4.90 Å². The summed E-state index contributed by atoms with van der Waals surface area (Å²) < 4.78 is 18.8. The van der Waals surface area contributed by atoms with E-state index in [1.54, 1.807) is 12.1 Å². The van der Waals surface area contributed by atoms with Crippen molar-refractivity contribution in [2.45, 2.75) is 20.0 Å². The first-order chi connectivity index (χ1) is 11.0. The van der Waals surface area contributed by atoms with E-state index >= 15 is 0 Å². The van der Waals surface area contributed by atoms with E-state index in [4.69, 9.17) is 4.74 Å². The van der Waals surface area contributed by atoms with Crippen molar-refractivity contribution < 1.29 is 13.9 Å². The summed E-state index contributed by atoms with van der Waals surface area (Å²) in [5, 5.41) is 0. The zero-order valence-corrected chi connectivity index (χ0v) is 13.4. The van der Waals surface area contributed by atoms with Gasteiger partial charge in [-0.2, -0.15) is 0 Å². The molecule has 1 fully saturated rings. The molecule has 120 valence electrons. The zero-order chi connectivity index (χ0) is 16.4. The number of benzene rings is 2. The van der Waals surface area contributed by atoms with E-state index < -0.39 is 0 Å². The number of morpholine rings is 1. The van der Waals surface area contributed by atoms with Gasteiger partial charge >= 0.3 is 0 Å². The monoisotopic (exact) mass is 313 g/mol. The molecule has 3 rings (SSSR count). The Bertz CT molecular complexity index is 712. The van der Waals surface area contributed by atoms with Crippen molar-refractivity contribution in [3.8, 4) is 0 Å². The highest BCUT2D eigenvalue weighted by Crippen LogP contribution is 2.24. The average molecular weight is 313 g/mol. The molecule has 4 heteroatoms. The maximum absolute atomic E-state index is 13.0. The zero-order valence-electron chi connectivity index (χ0n) is 13.4. The average Bonchev–Trinajstić information content (AvgIpc) is 2.57. The molecule has 3 nitrogen and oxygen atoms in total. The Labute approximate surface area is 135 Å². The fourth-order valence-electron chi connectivity index (χ4n) is 2.77. The molecular formula is C19H20FNO2.